The Kier molecular flexibility index (Phi) is 5.65. The number of likely N-dealkylation sites (tertiary alicyclic amines) is 1. The van der Waals surface area contributed by atoms with Gasteiger partial charge in [0, 0.05) is 19.3 Å². The van der Waals surface area contributed by atoms with Crippen molar-refractivity contribution in [3.63, 3.8) is 0 Å². The van der Waals surface area contributed by atoms with E-state index in [1.165, 1.54) is 37.7 Å². The molecule has 1 aromatic carbocycles. The molecule has 0 aliphatic carbocycles. The summed E-state index contributed by atoms with van der Waals surface area (Å²) in [6, 6.07) is 6.37. The zero-order valence-corrected chi connectivity index (χ0v) is 13.7. The maximum absolute atomic E-state index is 11.4. The number of piperidine rings is 1. The van der Waals surface area contributed by atoms with Crippen LogP contribution in [0.1, 0.15) is 19.3 Å². The van der Waals surface area contributed by atoms with Gasteiger partial charge in [-0.1, -0.05) is 0 Å². The average molecular weight is 325 g/mol. The van der Waals surface area contributed by atoms with Gasteiger partial charge in [-0.2, -0.15) is 0 Å². The van der Waals surface area contributed by atoms with Crippen molar-refractivity contribution in [2.45, 2.75) is 24.2 Å². The van der Waals surface area contributed by atoms with Gasteiger partial charge in [0.1, 0.15) is 12.4 Å². The molecule has 1 saturated heterocycles. The first kappa shape index (κ1) is 16.6. The van der Waals surface area contributed by atoms with Crippen molar-refractivity contribution in [3.8, 4) is 5.75 Å². The predicted octanol–water partition coefficient (Wildman–Crippen LogP) is 1.27. The van der Waals surface area contributed by atoms with E-state index in [1.54, 1.807) is 12.1 Å². The standard InChI is InChI=1S/C15H23N3O3S/c1-22(19,20)14-7-5-13(6-8-14)21-12-9-17-15(16)18-10-3-2-4-11-18/h5-8H,2-4,9-12H2,1H3,(H2,16,17). The van der Waals surface area contributed by atoms with Crippen molar-refractivity contribution in [3.05, 3.63) is 24.3 Å². The third-order valence-electron chi connectivity index (χ3n) is 3.57. The van der Waals surface area contributed by atoms with Crippen LogP contribution in [0, 0.1) is 0 Å². The third-order valence-corrected chi connectivity index (χ3v) is 4.69. The molecule has 0 amide bonds. The number of sulfone groups is 1. The molecule has 1 fully saturated rings. The largest absolute Gasteiger partial charge is 0.492 e. The minimum Gasteiger partial charge on any atom is -0.492 e. The quantitative estimate of drug-likeness (QED) is 0.500. The van der Waals surface area contributed by atoms with Crippen molar-refractivity contribution >= 4 is 15.8 Å². The molecule has 2 N–H and O–H groups in total. The summed E-state index contributed by atoms with van der Waals surface area (Å²) in [5.74, 6) is 1.20. The lowest BCUT2D eigenvalue weighted by Crippen LogP contribution is -2.41. The molecule has 122 valence electrons. The fourth-order valence-electron chi connectivity index (χ4n) is 2.33. The summed E-state index contributed by atoms with van der Waals surface area (Å²) in [5.41, 5.74) is 5.95. The maximum Gasteiger partial charge on any atom is 0.191 e. The second-order valence-corrected chi connectivity index (χ2v) is 7.40. The van der Waals surface area contributed by atoms with Gasteiger partial charge in [0.05, 0.1) is 11.4 Å². The lowest BCUT2D eigenvalue weighted by atomic mass is 10.1. The fraction of sp³-hybridized carbons (Fsp3) is 0.533. The summed E-state index contributed by atoms with van der Waals surface area (Å²) in [6.07, 6.45) is 4.77. The van der Waals surface area contributed by atoms with E-state index in [0.717, 1.165) is 13.1 Å². The van der Waals surface area contributed by atoms with Crippen LogP contribution in [-0.2, 0) is 9.84 Å². The van der Waals surface area contributed by atoms with E-state index in [4.69, 9.17) is 10.5 Å². The number of aliphatic imine (C=N–C) groups is 1. The van der Waals surface area contributed by atoms with Crippen molar-refractivity contribution in [1.82, 2.24) is 4.90 Å². The molecule has 0 saturated carbocycles. The van der Waals surface area contributed by atoms with Gasteiger partial charge in [-0.25, -0.2) is 13.4 Å². The van der Waals surface area contributed by atoms with E-state index in [1.807, 2.05) is 0 Å². The SMILES string of the molecule is CS(=O)(=O)c1ccc(OCCN=C(N)N2CCCCC2)cc1. The van der Waals surface area contributed by atoms with Gasteiger partial charge >= 0.3 is 0 Å². The highest BCUT2D eigenvalue weighted by atomic mass is 32.2. The Morgan fingerprint density at radius 1 is 1.23 bits per heavy atom. The Labute approximate surface area is 131 Å². The van der Waals surface area contributed by atoms with Crippen molar-refractivity contribution in [2.75, 3.05) is 32.5 Å². The molecule has 0 atom stereocenters. The molecule has 6 nitrogen and oxygen atoms in total. The van der Waals surface area contributed by atoms with Gasteiger partial charge in [0.15, 0.2) is 15.8 Å². The van der Waals surface area contributed by atoms with Gasteiger partial charge < -0.3 is 15.4 Å². The van der Waals surface area contributed by atoms with Crippen molar-refractivity contribution < 1.29 is 13.2 Å². The van der Waals surface area contributed by atoms with E-state index < -0.39 is 9.84 Å². The maximum atomic E-state index is 11.4. The Morgan fingerprint density at radius 3 is 2.45 bits per heavy atom. The van der Waals surface area contributed by atoms with Crippen LogP contribution in [0.5, 0.6) is 5.75 Å². The first-order chi connectivity index (χ1) is 10.5. The normalized spacial score (nSPS) is 16.6. The smallest absolute Gasteiger partial charge is 0.191 e. The number of nitrogens with two attached hydrogens (primary N) is 1. The first-order valence-corrected chi connectivity index (χ1v) is 9.34. The molecule has 7 heteroatoms. The summed E-state index contributed by atoms with van der Waals surface area (Å²) in [7, 11) is -3.17. The second-order valence-electron chi connectivity index (χ2n) is 5.38. The molecular weight excluding hydrogens is 302 g/mol. The lowest BCUT2D eigenvalue weighted by molar-refractivity contribution is 0.320. The zero-order valence-electron chi connectivity index (χ0n) is 12.9. The van der Waals surface area contributed by atoms with E-state index >= 15 is 0 Å². The van der Waals surface area contributed by atoms with Crippen LogP contribution in [-0.4, -0.2) is 51.8 Å². The fourth-order valence-corrected chi connectivity index (χ4v) is 2.96. The predicted molar refractivity (Wildman–Crippen MR) is 87.0 cm³/mol. The van der Waals surface area contributed by atoms with Crippen LogP contribution in [0.3, 0.4) is 0 Å². The highest BCUT2D eigenvalue weighted by Crippen LogP contribution is 2.15. The zero-order chi connectivity index (χ0) is 16.0. The second kappa shape index (κ2) is 7.49. The number of guanidine groups is 1. The molecule has 0 radical (unpaired) electrons. The monoisotopic (exact) mass is 325 g/mol. The third kappa shape index (κ3) is 4.91. The van der Waals surface area contributed by atoms with Crippen molar-refractivity contribution in [2.24, 2.45) is 10.7 Å². The number of hydrogen-bond donors (Lipinski definition) is 1. The Morgan fingerprint density at radius 2 is 1.86 bits per heavy atom. The Bertz CT molecular complexity index is 605. The average Bonchev–Trinajstić information content (AvgIpc) is 2.52. The van der Waals surface area contributed by atoms with E-state index in [2.05, 4.69) is 9.89 Å². The van der Waals surface area contributed by atoms with E-state index in [-0.39, 0.29) is 4.90 Å². The number of nitrogens with zero attached hydrogens (tertiary/aromatic N) is 2. The minimum absolute atomic E-state index is 0.284. The number of benzene rings is 1. The summed E-state index contributed by atoms with van der Waals surface area (Å²) >= 11 is 0. The molecule has 2 rings (SSSR count). The number of ether oxygens (including phenoxy) is 1. The molecule has 1 aliphatic rings. The molecule has 1 aliphatic heterocycles. The molecule has 0 unspecified atom stereocenters. The molecule has 0 spiro atoms. The molecule has 1 aromatic rings. The van der Waals surface area contributed by atoms with Crippen LogP contribution >= 0.6 is 0 Å². The molecule has 0 aromatic heterocycles. The van der Waals surface area contributed by atoms with E-state index in [0.29, 0.717) is 24.9 Å². The number of hydrogen-bond acceptors (Lipinski definition) is 4. The van der Waals surface area contributed by atoms with Crippen LogP contribution < -0.4 is 10.5 Å². The summed E-state index contributed by atoms with van der Waals surface area (Å²) in [5, 5.41) is 0. The highest BCUT2D eigenvalue weighted by Gasteiger charge is 2.11. The van der Waals surface area contributed by atoms with Gasteiger partial charge in [0.2, 0.25) is 0 Å². The Balaban J connectivity index is 1.78. The topological polar surface area (TPSA) is 85.0 Å². The molecule has 22 heavy (non-hydrogen) atoms. The van der Waals surface area contributed by atoms with Crippen LogP contribution in [0.2, 0.25) is 0 Å². The van der Waals surface area contributed by atoms with Gasteiger partial charge in [0.25, 0.3) is 0 Å². The lowest BCUT2D eigenvalue weighted by Gasteiger charge is -2.27. The van der Waals surface area contributed by atoms with Crippen LogP contribution in [0.15, 0.2) is 34.2 Å². The molecular formula is C15H23N3O3S. The molecule has 1 heterocycles. The van der Waals surface area contributed by atoms with Crippen molar-refractivity contribution in [1.29, 1.82) is 0 Å². The van der Waals surface area contributed by atoms with Crippen LogP contribution in [0.4, 0.5) is 0 Å². The first-order valence-electron chi connectivity index (χ1n) is 7.44. The number of rotatable bonds is 5. The van der Waals surface area contributed by atoms with Crippen LogP contribution in [0.25, 0.3) is 0 Å². The highest BCUT2D eigenvalue weighted by molar-refractivity contribution is 7.90. The minimum atomic E-state index is -3.17. The summed E-state index contributed by atoms with van der Waals surface area (Å²) in [4.78, 5) is 6.71. The van der Waals surface area contributed by atoms with Gasteiger partial charge in [-0.3, -0.25) is 0 Å². The van der Waals surface area contributed by atoms with Gasteiger partial charge in [-0.15, -0.1) is 0 Å². The molecule has 0 bridgehead atoms. The summed E-state index contributed by atoms with van der Waals surface area (Å²) in [6.45, 7) is 2.84. The van der Waals surface area contributed by atoms with E-state index in [9.17, 15) is 8.42 Å². The van der Waals surface area contributed by atoms with Gasteiger partial charge in [-0.05, 0) is 43.5 Å². The Hall–Kier alpha value is -1.76. The summed E-state index contributed by atoms with van der Waals surface area (Å²) < 4.78 is 28.2.